The van der Waals surface area contributed by atoms with Crippen molar-refractivity contribution in [1.82, 2.24) is 9.80 Å². The van der Waals surface area contributed by atoms with E-state index in [1.165, 1.54) is 12.2 Å². The highest BCUT2D eigenvalue weighted by molar-refractivity contribution is 5.91. The molecule has 104 valence electrons. The third kappa shape index (κ3) is 4.07. The van der Waals surface area contributed by atoms with Gasteiger partial charge in [0.15, 0.2) is 0 Å². The normalized spacial score (nSPS) is 21.7. The predicted octanol–water partition coefficient (Wildman–Crippen LogP) is 1.93. The Kier molecular flexibility index (Phi) is 6.29. The van der Waals surface area contributed by atoms with Crippen molar-refractivity contribution in [3.05, 3.63) is 12.2 Å². The van der Waals surface area contributed by atoms with Crippen molar-refractivity contribution in [3.8, 4) is 0 Å². The number of amidine groups is 1. The van der Waals surface area contributed by atoms with Crippen LogP contribution in [0.1, 0.15) is 33.1 Å². The number of hydrogen-bond acceptors (Lipinski definition) is 3. The van der Waals surface area contributed by atoms with Gasteiger partial charge in [-0.25, -0.2) is 4.39 Å². The lowest BCUT2D eigenvalue weighted by Gasteiger charge is -2.39. The average molecular weight is 256 g/mol. The third-order valence-electron chi connectivity index (χ3n) is 3.15. The highest BCUT2D eigenvalue weighted by Crippen LogP contribution is 2.12. The molecule has 0 fully saturated rings. The summed E-state index contributed by atoms with van der Waals surface area (Å²) in [5.74, 6) is 0.300. The quantitative estimate of drug-likeness (QED) is 0.684. The van der Waals surface area contributed by atoms with Crippen LogP contribution in [0, 0.1) is 5.41 Å². The van der Waals surface area contributed by atoms with Crippen molar-refractivity contribution >= 4 is 5.84 Å². The average Bonchev–Trinajstić information content (AvgIpc) is 2.36. The fraction of sp³-hybridized carbons (Fsp3) is 0.769. The first kappa shape index (κ1) is 15.1. The second-order valence-electron chi connectivity index (χ2n) is 4.72. The highest BCUT2D eigenvalue weighted by atomic mass is 19.1. The Morgan fingerprint density at radius 1 is 1.50 bits per heavy atom. The maximum absolute atomic E-state index is 13.4. The molecule has 1 aliphatic heterocycles. The molecule has 0 saturated heterocycles. The number of unbranched alkanes of at least 4 members (excludes halogenated alkanes) is 1. The number of nitrogens with zero attached hydrogens (tertiary/aromatic N) is 2. The molecule has 0 bridgehead atoms. The summed E-state index contributed by atoms with van der Waals surface area (Å²) < 4.78 is 13.4. The summed E-state index contributed by atoms with van der Waals surface area (Å²) >= 11 is 0. The molecule has 0 aliphatic carbocycles. The monoisotopic (exact) mass is 256 g/mol. The standard InChI is InChI=1S/C13H25FN4/c1-3-5-9-17(8-4-2)13(16)18-10-11(14)6-7-12(18)15/h6-7,11,13,15H,3-5,8-10,16H2,1-2H3. The van der Waals surface area contributed by atoms with E-state index in [9.17, 15) is 4.39 Å². The topological polar surface area (TPSA) is 56.4 Å². The molecule has 3 N–H and O–H groups in total. The van der Waals surface area contributed by atoms with Gasteiger partial charge in [0.05, 0.1) is 6.54 Å². The van der Waals surface area contributed by atoms with Crippen LogP contribution in [0.15, 0.2) is 12.2 Å². The van der Waals surface area contributed by atoms with Crippen LogP contribution < -0.4 is 5.73 Å². The van der Waals surface area contributed by atoms with E-state index in [0.29, 0.717) is 5.84 Å². The van der Waals surface area contributed by atoms with Gasteiger partial charge in [-0.2, -0.15) is 0 Å². The van der Waals surface area contributed by atoms with Gasteiger partial charge in [-0.3, -0.25) is 16.0 Å². The Labute approximate surface area is 109 Å². The summed E-state index contributed by atoms with van der Waals surface area (Å²) in [6, 6.07) is 0. The van der Waals surface area contributed by atoms with E-state index in [1.54, 1.807) is 4.90 Å². The van der Waals surface area contributed by atoms with Crippen molar-refractivity contribution in [2.24, 2.45) is 5.73 Å². The van der Waals surface area contributed by atoms with Crippen LogP contribution in [0.25, 0.3) is 0 Å². The molecule has 0 radical (unpaired) electrons. The molecule has 0 aromatic carbocycles. The van der Waals surface area contributed by atoms with E-state index in [2.05, 4.69) is 18.7 Å². The van der Waals surface area contributed by atoms with Gasteiger partial charge < -0.3 is 4.90 Å². The highest BCUT2D eigenvalue weighted by Gasteiger charge is 2.26. The van der Waals surface area contributed by atoms with Crippen LogP contribution in [-0.2, 0) is 0 Å². The van der Waals surface area contributed by atoms with Gasteiger partial charge in [0, 0.05) is 13.1 Å². The second-order valence-corrected chi connectivity index (χ2v) is 4.72. The van der Waals surface area contributed by atoms with Gasteiger partial charge in [0.25, 0.3) is 0 Å². The number of nitrogens with one attached hydrogen (secondary N) is 1. The van der Waals surface area contributed by atoms with Crippen molar-refractivity contribution in [1.29, 1.82) is 5.41 Å². The summed E-state index contributed by atoms with van der Waals surface area (Å²) in [5, 5.41) is 7.83. The van der Waals surface area contributed by atoms with Crippen LogP contribution in [0.4, 0.5) is 4.39 Å². The summed E-state index contributed by atoms with van der Waals surface area (Å²) in [6.07, 6.45) is 4.68. The van der Waals surface area contributed by atoms with Gasteiger partial charge in [-0.15, -0.1) is 0 Å². The third-order valence-corrected chi connectivity index (χ3v) is 3.15. The van der Waals surface area contributed by atoms with Crippen LogP contribution >= 0.6 is 0 Å². The minimum Gasteiger partial charge on any atom is -0.326 e. The van der Waals surface area contributed by atoms with Gasteiger partial charge in [-0.1, -0.05) is 20.3 Å². The van der Waals surface area contributed by atoms with Gasteiger partial charge in [0.1, 0.15) is 18.3 Å². The van der Waals surface area contributed by atoms with E-state index in [0.717, 1.165) is 32.4 Å². The number of nitrogens with two attached hydrogens (primary N) is 1. The Balaban J connectivity index is 2.65. The molecule has 1 rings (SSSR count). The molecule has 0 spiro atoms. The Hall–Kier alpha value is -0.940. The minimum absolute atomic E-state index is 0.183. The zero-order valence-electron chi connectivity index (χ0n) is 11.4. The first-order valence-corrected chi connectivity index (χ1v) is 6.77. The first-order chi connectivity index (χ1) is 8.60. The van der Waals surface area contributed by atoms with Crippen molar-refractivity contribution < 1.29 is 4.39 Å². The molecule has 0 aromatic heterocycles. The maximum atomic E-state index is 13.4. The number of alkyl halides is 1. The molecule has 18 heavy (non-hydrogen) atoms. The molecule has 0 aromatic rings. The lowest BCUT2D eigenvalue weighted by molar-refractivity contribution is 0.0807. The van der Waals surface area contributed by atoms with E-state index < -0.39 is 12.5 Å². The fourth-order valence-corrected chi connectivity index (χ4v) is 2.11. The SMILES string of the molecule is CCCCN(CCC)C(N)N1CC(F)C=CC1=N. The Morgan fingerprint density at radius 2 is 2.22 bits per heavy atom. The zero-order valence-corrected chi connectivity index (χ0v) is 11.4. The number of halogens is 1. The molecular weight excluding hydrogens is 231 g/mol. The molecule has 0 saturated carbocycles. The predicted molar refractivity (Wildman–Crippen MR) is 73.2 cm³/mol. The van der Waals surface area contributed by atoms with Crippen LogP contribution in [-0.4, -0.2) is 47.7 Å². The van der Waals surface area contributed by atoms with Crippen molar-refractivity contribution in [2.75, 3.05) is 19.6 Å². The van der Waals surface area contributed by atoms with Gasteiger partial charge in [0.2, 0.25) is 0 Å². The van der Waals surface area contributed by atoms with Gasteiger partial charge in [-0.05, 0) is 25.0 Å². The molecule has 1 heterocycles. The number of rotatable bonds is 7. The van der Waals surface area contributed by atoms with E-state index in [1.807, 2.05) is 0 Å². The number of hydrogen-bond donors (Lipinski definition) is 2. The second kappa shape index (κ2) is 7.48. The Bertz CT molecular complexity index is 293. The van der Waals surface area contributed by atoms with E-state index in [-0.39, 0.29) is 6.54 Å². The van der Waals surface area contributed by atoms with Crippen LogP contribution in [0.5, 0.6) is 0 Å². The van der Waals surface area contributed by atoms with E-state index in [4.69, 9.17) is 11.1 Å². The lowest BCUT2D eigenvalue weighted by Crippen LogP contribution is -2.58. The van der Waals surface area contributed by atoms with Gasteiger partial charge >= 0.3 is 0 Å². The molecular formula is C13H25FN4. The smallest absolute Gasteiger partial charge is 0.136 e. The molecule has 0 amide bonds. The largest absolute Gasteiger partial charge is 0.326 e. The van der Waals surface area contributed by atoms with E-state index >= 15 is 0 Å². The lowest BCUT2D eigenvalue weighted by atomic mass is 10.2. The molecule has 5 heteroatoms. The van der Waals surface area contributed by atoms with Crippen LogP contribution in [0.2, 0.25) is 0 Å². The van der Waals surface area contributed by atoms with Crippen LogP contribution in [0.3, 0.4) is 0 Å². The van der Waals surface area contributed by atoms with Crippen molar-refractivity contribution in [3.63, 3.8) is 0 Å². The summed E-state index contributed by atoms with van der Waals surface area (Å²) in [6.45, 7) is 6.20. The minimum atomic E-state index is -1.03. The molecule has 2 atom stereocenters. The van der Waals surface area contributed by atoms with Crippen molar-refractivity contribution in [2.45, 2.75) is 45.6 Å². The molecule has 2 unspecified atom stereocenters. The first-order valence-electron chi connectivity index (χ1n) is 6.77. The fourth-order valence-electron chi connectivity index (χ4n) is 2.11. The summed E-state index contributed by atoms with van der Waals surface area (Å²) in [4.78, 5) is 3.76. The molecule has 4 nitrogen and oxygen atoms in total. The summed E-state index contributed by atoms with van der Waals surface area (Å²) in [7, 11) is 0. The summed E-state index contributed by atoms with van der Waals surface area (Å²) in [5.41, 5.74) is 6.18. The Morgan fingerprint density at radius 3 is 2.83 bits per heavy atom. The zero-order chi connectivity index (χ0) is 13.5. The molecule has 1 aliphatic rings. The maximum Gasteiger partial charge on any atom is 0.136 e.